The smallest absolute Gasteiger partial charge is 0.150 e. The van der Waals surface area contributed by atoms with Crippen LogP contribution in [-0.2, 0) is 32.7 Å². The Morgan fingerprint density at radius 1 is 1.38 bits per heavy atom. The predicted molar refractivity (Wildman–Crippen MR) is 41.5 cm³/mol. The summed E-state index contributed by atoms with van der Waals surface area (Å²) >= 11 is 0. The van der Waals surface area contributed by atoms with Gasteiger partial charge in [-0.1, -0.05) is 0 Å². The largest absolute Gasteiger partial charge is 0.345 e. The molecule has 0 aliphatic heterocycles. The molecule has 1 aromatic heterocycles. The molecule has 3 nitrogen and oxygen atoms in total. The fraction of sp³-hybridized carbons (Fsp3) is 0. The van der Waals surface area contributed by atoms with Gasteiger partial charge in [-0.15, -0.1) is 0 Å². The van der Waals surface area contributed by atoms with Crippen molar-refractivity contribution in [2.45, 2.75) is 0 Å². The summed E-state index contributed by atoms with van der Waals surface area (Å²) in [4.78, 5) is 17.3. The number of aromatic nitrogens is 2. The number of H-pyrrole nitrogens is 1. The van der Waals surface area contributed by atoms with Gasteiger partial charge in [0.1, 0.15) is 6.29 Å². The molecule has 1 aromatic carbocycles. The van der Waals surface area contributed by atoms with Crippen LogP contribution in [0.1, 0.15) is 10.4 Å². The number of fused-ring (bicyclic) bond motifs is 1. The van der Waals surface area contributed by atoms with Crippen LogP contribution >= 0.6 is 0 Å². The number of rotatable bonds is 1. The van der Waals surface area contributed by atoms with Crippen molar-refractivity contribution < 1.29 is 51.8 Å². The number of aromatic amines is 1. The number of carbonyl (C=O) groups is 1. The van der Waals surface area contributed by atoms with E-state index in [1.807, 2.05) is 6.07 Å². The van der Waals surface area contributed by atoms with Crippen molar-refractivity contribution in [3.05, 3.63) is 30.1 Å². The van der Waals surface area contributed by atoms with Gasteiger partial charge < -0.3 is 4.98 Å². The molecule has 2 radical (unpaired) electrons. The molecule has 0 spiro atoms. The Kier molecular flexibility index (Phi) is 5.49. The fourth-order valence-electron chi connectivity index (χ4n) is 1.03. The Hall–Kier alpha value is -0.146. The summed E-state index contributed by atoms with van der Waals surface area (Å²) in [6.45, 7) is 0. The molecule has 0 aliphatic carbocycles. The minimum atomic E-state index is 0. The Labute approximate surface area is 108 Å². The van der Waals surface area contributed by atoms with Crippen molar-refractivity contribution in [2.75, 3.05) is 0 Å². The van der Waals surface area contributed by atoms with Gasteiger partial charge in [0.15, 0.2) is 0 Å². The molecule has 0 unspecified atom stereocenters. The van der Waals surface area contributed by atoms with E-state index in [-0.39, 0.29) is 47.0 Å². The Balaban J connectivity index is 0.000000720. The second-order valence-corrected chi connectivity index (χ2v) is 2.30. The topological polar surface area (TPSA) is 45.8 Å². The Morgan fingerprint density at radius 2 is 2.15 bits per heavy atom. The zero-order valence-corrected chi connectivity index (χ0v) is 12.7. The predicted octanol–water partition coefficient (Wildman–Crippen LogP) is 1.37. The molecule has 0 saturated heterocycles. The van der Waals surface area contributed by atoms with Crippen molar-refractivity contribution in [3.8, 4) is 0 Å². The molecule has 5 heteroatoms. The van der Waals surface area contributed by atoms with E-state index in [0.29, 0.717) is 5.56 Å². The molecular formula is C8H6AmN2OY. The average molecular weight is 478 g/mol. The summed E-state index contributed by atoms with van der Waals surface area (Å²) in [5.41, 5.74) is 2.45. The van der Waals surface area contributed by atoms with Gasteiger partial charge in [-0.3, -0.25) is 4.79 Å². The van der Waals surface area contributed by atoms with Gasteiger partial charge >= 0.3 is 0 Å². The van der Waals surface area contributed by atoms with E-state index in [0.717, 1.165) is 17.3 Å². The number of benzene rings is 1. The van der Waals surface area contributed by atoms with Gasteiger partial charge in [-0.25, -0.2) is 4.98 Å². The van der Waals surface area contributed by atoms with Crippen LogP contribution < -0.4 is 0 Å². The number of nitrogens with zero attached hydrogens (tertiary/aromatic N) is 1. The van der Waals surface area contributed by atoms with E-state index >= 15 is 0 Å². The molecule has 2 aromatic rings. The first-order valence-electron chi connectivity index (χ1n) is 3.28. The molecule has 0 amide bonds. The molecule has 0 atom stereocenters. The molecule has 2 rings (SSSR count). The maximum absolute atomic E-state index is 10.3. The first-order chi connectivity index (χ1) is 5.40. The normalized spacial score (nSPS) is 8.62. The van der Waals surface area contributed by atoms with Crippen LogP contribution in [0.4, 0.5) is 0 Å². The monoisotopic (exact) mass is 476 g/mol. The van der Waals surface area contributed by atoms with Crippen molar-refractivity contribution in [1.29, 1.82) is 0 Å². The fourth-order valence-corrected chi connectivity index (χ4v) is 1.03. The van der Waals surface area contributed by atoms with E-state index in [1.54, 1.807) is 18.5 Å². The first kappa shape index (κ1) is 12.9. The summed E-state index contributed by atoms with van der Waals surface area (Å²) in [7, 11) is 0. The third-order valence-corrected chi connectivity index (χ3v) is 1.58. The van der Waals surface area contributed by atoms with Crippen LogP contribution in [0.5, 0.6) is 0 Å². The number of hydrogen-bond acceptors (Lipinski definition) is 2. The summed E-state index contributed by atoms with van der Waals surface area (Å²) in [5, 5.41) is 0. The second kappa shape index (κ2) is 5.56. The van der Waals surface area contributed by atoms with E-state index in [2.05, 4.69) is 9.97 Å². The van der Waals surface area contributed by atoms with E-state index in [1.165, 1.54) is 0 Å². The van der Waals surface area contributed by atoms with Crippen LogP contribution in [0.15, 0.2) is 24.5 Å². The number of nitrogens with one attached hydrogen (secondary N) is 1. The van der Waals surface area contributed by atoms with Gasteiger partial charge in [0, 0.05) is 52.6 Å². The number of carbonyl (C=O) groups excluding carboxylic acids is 1. The van der Waals surface area contributed by atoms with Crippen molar-refractivity contribution in [2.24, 2.45) is 0 Å². The van der Waals surface area contributed by atoms with Crippen LogP contribution in [0.3, 0.4) is 0 Å². The summed E-state index contributed by atoms with van der Waals surface area (Å²) in [6, 6.07) is 5.33. The molecule has 0 aliphatic rings. The summed E-state index contributed by atoms with van der Waals surface area (Å²) < 4.78 is 0. The Morgan fingerprint density at radius 3 is 2.85 bits per heavy atom. The molecule has 0 fully saturated rings. The minimum Gasteiger partial charge on any atom is -0.345 e. The Bertz CT molecular complexity index is 402. The maximum Gasteiger partial charge on any atom is 0.150 e. The van der Waals surface area contributed by atoms with Crippen LogP contribution in [0.2, 0.25) is 0 Å². The number of hydrogen-bond donors (Lipinski definition) is 1. The molecule has 1 N–H and O–H groups in total. The summed E-state index contributed by atoms with van der Waals surface area (Å²) in [6.07, 6.45) is 2.43. The summed E-state index contributed by atoms with van der Waals surface area (Å²) in [5.74, 6) is 0. The number of aldehydes is 1. The maximum atomic E-state index is 10.3. The first-order valence-corrected chi connectivity index (χ1v) is 3.28. The third kappa shape index (κ3) is 2.65. The van der Waals surface area contributed by atoms with Crippen LogP contribution in [0.25, 0.3) is 11.0 Å². The zero-order chi connectivity index (χ0) is 7.68. The van der Waals surface area contributed by atoms with Gasteiger partial charge in [0.2, 0.25) is 0 Å². The molecule has 64 valence electrons. The van der Waals surface area contributed by atoms with E-state index in [9.17, 15) is 4.79 Å². The van der Waals surface area contributed by atoms with Crippen molar-refractivity contribution >= 4 is 17.3 Å². The quantitative estimate of drug-likeness (QED) is 0.631. The van der Waals surface area contributed by atoms with Gasteiger partial charge in [-0.2, -0.15) is 0 Å². The minimum absolute atomic E-state index is 0. The molecule has 13 heavy (non-hydrogen) atoms. The van der Waals surface area contributed by atoms with Gasteiger partial charge in [0.05, 0.1) is 17.4 Å². The van der Waals surface area contributed by atoms with E-state index in [4.69, 9.17) is 0 Å². The SMILES string of the molecule is O=Cc1ccc2nc[nH]c2c1.[Am].[Y]. The van der Waals surface area contributed by atoms with Crippen molar-refractivity contribution in [1.82, 2.24) is 9.97 Å². The molecule has 0 bridgehead atoms. The number of imidazole rings is 1. The van der Waals surface area contributed by atoms with Gasteiger partial charge in [0.25, 0.3) is 0 Å². The second-order valence-electron chi connectivity index (χ2n) is 2.30. The molecule has 0 saturated carbocycles. The third-order valence-electron chi connectivity index (χ3n) is 1.58. The van der Waals surface area contributed by atoms with Crippen LogP contribution in [0, 0.1) is 14.3 Å². The zero-order valence-electron chi connectivity index (χ0n) is 6.70. The van der Waals surface area contributed by atoms with Crippen molar-refractivity contribution in [3.63, 3.8) is 0 Å². The van der Waals surface area contributed by atoms with E-state index < -0.39 is 0 Å². The average Bonchev–Trinajstić information content (AvgIpc) is 2.50. The molecular weight excluding hydrogens is 472 g/mol. The molecule has 1 heterocycles. The van der Waals surface area contributed by atoms with Gasteiger partial charge in [-0.05, 0) is 18.2 Å². The van der Waals surface area contributed by atoms with Crippen LogP contribution in [-0.4, -0.2) is 16.3 Å². The standard InChI is InChI=1S/C8H6N2O.Am.Y/c11-4-6-1-2-7-8(3-6)10-5-9-7;;/h1-5H,(H,9,10);;.